The molecule has 0 saturated carbocycles. The number of hydrazone groups is 1. The maximum Gasteiger partial charge on any atom is 0.277 e. The number of nitrogens with one attached hydrogen (secondary N) is 1. The van der Waals surface area contributed by atoms with E-state index >= 15 is 0 Å². The molecule has 0 heterocycles. The fourth-order valence-electron chi connectivity index (χ4n) is 2.38. The maximum atomic E-state index is 12.1. The van der Waals surface area contributed by atoms with Gasteiger partial charge in [0.1, 0.15) is 5.75 Å². The zero-order valence-corrected chi connectivity index (χ0v) is 15.8. The Morgan fingerprint density at radius 3 is 2.25 bits per heavy atom. The van der Waals surface area contributed by atoms with Crippen molar-refractivity contribution < 1.29 is 9.53 Å². The molecule has 0 radical (unpaired) electrons. The average Bonchev–Trinajstić information content (AvgIpc) is 2.75. The van der Waals surface area contributed by atoms with Crippen molar-refractivity contribution in [3.05, 3.63) is 107 Å². The number of ether oxygens (including phenoxy) is 1. The number of carbonyl (C=O) groups excluding carboxylic acids is 1. The molecule has 3 aromatic carbocycles. The molecule has 0 spiro atoms. The molecular formula is C23H19ClN2O2. The number of nitrogens with zero attached hydrogens (tertiary/aromatic N) is 1. The number of rotatable bonds is 7. The smallest absolute Gasteiger partial charge is 0.277 e. The summed E-state index contributed by atoms with van der Waals surface area (Å²) in [4.78, 5) is 12.1. The van der Waals surface area contributed by atoms with Crippen LogP contribution in [0.2, 0.25) is 5.02 Å². The van der Waals surface area contributed by atoms with Crippen LogP contribution in [0, 0.1) is 0 Å². The molecule has 4 nitrogen and oxygen atoms in total. The van der Waals surface area contributed by atoms with Crippen molar-refractivity contribution in [3.63, 3.8) is 0 Å². The Labute approximate surface area is 169 Å². The lowest BCUT2D eigenvalue weighted by molar-refractivity contribution is -0.123. The van der Waals surface area contributed by atoms with Crippen molar-refractivity contribution in [1.82, 2.24) is 5.43 Å². The lowest BCUT2D eigenvalue weighted by Crippen LogP contribution is -2.25. The Bertz CT molecular complexity index is 953. The lowest BCUT2D eigenvalue weighted by Gasteiger charge is -2.06. The van der Waals surface area contributed by atoms with Crippen LogP contribution < -0.4 is 10.2 Å². The standard InChI is InChI=1S/C23H19ClN2O2/c24-20-12-14-21(15-13-20)28-17-23(27)26-25-22(19-9-5-2-6-10-19)16-11-18-7-3-1-4-8-18/h1-16H,17H2,(H,26,27)/b16-11+,25-22?. The predicted octanol–water partition coefficient (Wildman–Crippen LogP) is 4.95. The SMILES string of the molecule is O=C(COc1ccc(Cl)cc1)NN=C(/C=C/c1ccccc1)c1ccccc1. The summed E-state index contributed by atoms with van der Waals surface area (Å²) in [5.41, 5.74) is 5.13. The number of amides is 1. The van der Waals surface area contributed by atoms with Gasteiger partial charge < -0.3 is 4.74 Å². The average molecular weight is 391 g/mol. The molecule has 0 aliphatic carbocycles. The molecule has 0 atom stereocenters. The third-order valence-corrected chi connectivity index (χ3v) is 4.04. The van der Waals surface area contributed by atoms with Crippen molar-refractivity contribution in [3.8, 4) is 5.75 Å². The largest absolute Gasteiger partial charge is 0.484 e. The normalized spacial score (nSPS) is 11.4. The van der Waals surface area contributed by atoms with Crippen molar-refractivity contribution in [2.45, 2.75) is 0 Å². The summed E-state index contributed by atoms with van der Waals surface area (Å²) in [6, 6.07) is 26.4. The van der Waals surface area contributed by atoms with Gasteiger partial charge in [0.05, 0.1) is 5.71 Å². The molecular weight excluding hydrogens is 372 g/mol. The van der Waals surface area contributed by atoms with Crippen LogP contribution in [0.1, 0.15) is 11.1 Å². The van der Waals surface area contributed by atoms with E-state index in [1.807, 2.05) is 72.8 Å². The van der Waals surface area contributed by atoms with Crippen molar-refractivity contribution in [2.75, 3.05) is 6.61 Å². The Balaban J connectivity index is 1.67. The summed E-state index contributed by atoms with van der Waals surface area (Å²) < 4.78 is 5.43. The summed E-state index contributed by atoms with van der Waals surface area (Å²) in [6.07, 6.45) is 3.81. The Morgan fingerprint density at radius 2 is 1.57 bits per heavy atom. The monoisotopic (exact) mass is 390 g/mol. The fraction of sp³-hybridized carbons (Fsp3) is 0.0435. The molecule has 140 valence electrons. The number of carbonyl (C=O) groups is 1. The highest BCUT2D eigenvalue weighted by atomic mass is 35.5. The first-order chi connectivity index (χ1) is 13.7. The van der Waals surface area contributed by atoms with Gasteiger partial charge in [-0.1, -0.05) is 78.3 Å². The second kappa shape index (κ2) is 10.1. The van der Waals surface area contributed by atoms with Gasteiger partial charge in [0.25, 0.3) is 5.91 Å². The molecule has 1 amide bonds. The number of hydrogen-bond acceptors (Lipinski definition) is 3. The van der Waals surface area contributed by atoms with Crippen LogP contribution >= 0.6 is 11.6 Å². The third kappa shape index (κ3) is 6.11. The van der Waals surface area contributed by atoms with E-state index in [1.54, 1.807) is 24.3 Å². The minimum Gasteiger partial charge on any atom is -0.484 e. The molecule has 3 rings (SSSR count). The number of hydrogen-bond donors (Lipinski definition) is 1. The van der Waals surface area contributed by atoms with Crippen molar-refractivity contribution in [1.29, 1.82) is 0 Å². The second-order valence-electron chi connectivity index (χ2n) is 5.88. The van der Waals surface area contributed by atoms with E-state index in [2.05, 4.69) is 10.5 Å². The first kappa shape index (κ1) is 19.4. The molecule has 0 aliphatic rings. The molecule has 28 heavy (non-hydrogen) atoms. The van der Waals surface area contributed by atoms with Gasteiger partial charge in [-0.2, -0.15) is 5.10 Å². The van der Waals surface area contributed by atoms with Gasteiger partial charge in [-0.3, -0.25) is 4.79 Å². The van der Waals surface area contributed by atoms with Gasteiger partial charge in [-0.15, -0.1) is 0 Å². The van der Waals surface area contributed by atoms with Crippen molar-refractivity contribution in [2.24, 2.45) is 5.10 Å². The Hall–Kier alpha value is -3.37. The Morgan fingerprint density at radius 1 is 0.929 bits per heavy atom. The minimum absolute atomic E-state index is 0.143. The van der Waals surface area contributed by atoms with Gasteiger partial charge in [0.15, 0.2) is 6.61 Å². The second-order valence-corrected chi connectivity index (χ2v) is 6.32. The number of benzene rings is 3. The first-order valence-electron chi connectivity index (χ1n) is 8.74. The highest BCUT2D eigenvalue weighted by molar-refractivity contribution is 6.30. The lowest BCUT2D eigenvalue weighted by atomic mass is 10.1. The summed E-state index contributed by atoms with van der Waals surface area (Å²) in [5.74, 6) is 0.215. The summed E-state index contributed by atoms with van der Waals surface area (Å²) >= 11 is 5.83. The quantitative estimate of drug-likeness (QED) is 0.458. The van der Waals surface area contributed by atoms with E-state index in [0.717, 1.165) is 11.1 Å². The molecule has 0 aliphatic heterocycles. The van der Waals surface area contributed by atoms with E-state index < -0.39 is 0 Å². The van der Waals surface area contributed by atoms with Crippen LogP contribution in [0.3, 0.4) is 0 Å². The zero-order valence-electron chi connectivity index (χ0n) is 15.1. The first-order valence-corrected chi connectivity index (χ1v) is 9.12. The van der Waals surface area contributed by atoms with Gasteiger partial charge in [0.2, 0.25) is 0 Å². The number of halogens is 1. The van der Waals surface area contributed by atoms with E-state index in [-0.39, 0.29) is 12.5 Å². The van der Waals surface area contributed by atoms with Crippen LogP contribution in [0.5, 0.6) is 5.75 Å². The zero-order chi connectivity index (χ0) is 19.6. The van der Waals surface area contributed by atoms with E-state index in [9.17, 15) is 4.79 Å². The highest BCUT2D eigenvalue weighted by Gasteiger charge is 2.04. The van der Waals surface area contributed by atoms with E-state index in [4.69, 9.17) is 16.3 Å². The molecule has 0 unspecified atom stereocenters. The van der Waals surface area contributed by atoms with E-state index in [1.165, 1.54) is 0 Å². The van der Waals surface area contributed by atoms with Crippen LogP contribution in [0.15, 0.2) is 96.1 Å². The van der Waals surface area contributed by atoms with Crippen LogP contribution in [0.4, 0.5) is 0 Å². The van der Waals surface area contributed by atoms with Gasteiger partial charge in [-0.05, 0) is 35.9 Å². The van der Waals surface area contributed by atoms with Crippen LogP contribution in [0.25, 0.3) is 6.08 Å². The molecule has 0 saturated heterocycles. The summed E-state index contributed by atoms with van der Waals surface area (Å²) in [7, 11) is 0. The minimum atomic E-state index is -0.350. The molecule has 1 N–H and O–H groups in total. The molecule has 0 fully saturated rings. The van der Waals surface area contributed by atoms with E-state index in [0.29, 0.717) is 16.5 Å². The highest BCUT2D eigenvalue weighted by Crippen LogP contribution is 2.15. The van der Waals surface area contributed by atoms with Crippen LogP contribution in [-0.4, -0.2) is 18.2 Å². The summed E-state index contributed by atoms with van der Waals surface area (Å²) in [5, 5.41) is 4.87. The maximum absolute atomic E-state index is 12.1. The molecule has 0 bridgehead atoms. The fourth-order valence-corrected chi connectivity index (χ4v) is 2.51. The van der Waals surface area contributed by atoms with Gasteiger partial charge >= 0.3 is 0 Å². The topological polar surface area (TPSA) is 50.7 Å². The Kier molecular flexibility index (Phi) is 6.99. The predicted molar refractivity (Wildman–Crippen MR) is 114 cm³/mol. The number of allylic oxidation sites excluding steroid dienone is 1. The molecule has 0 aromatic heterocycles. The van der Waals surface area contributed by atoms with Crippen molar-refractivity contribution >= 4 is 29.3 Å². The third-order valence-electron chi connectivity index (χ3n) is 3.79. The van der Waals surface area contributed by atoms with Gasteiger partial charge in [0, 0.05) is 10.6 Å². The molecule has 5 heteroatoms. The van der Waals surface area contributed by atoms with Gasteiger partial charge in [-0.25, -0.2) is 5.43 Å². The van der Waals surface area contributed by atoms with Crippen LogP contribution in [-0.2, 0) is 4.79 Å². The molecule has 3 aromatic rings. The summed E-state index contributed by atoms with van der Waals surface area (Å²) in [6.45, 7) is -0.143.